The predicted octanol–water partition coefficient (Wildman–Crippen LogP) is 4.53. The SMILES string of the molecule is CCC=CC[C@@H]1C(=O)C=C[C@@H]1CCCCCCCC(=O)O. The molecule has 0 heterocycles. The first-order valence-corrected chi connectivity index (χ1v) is 8.24. The van der Waals surface area contributed by atoms with Crippen LogP contribution in [-0.2, 0) is 9.59 Å². The Kier molecular flexibility index (Phi) is 8.72. The Bertz CT molecular complexity index is 382. The van der Waals surface area contributed by atoms with E-state index in [9.17, 15) is 9.59 Å². The number of carboxylic acids is 1. The lowest BCUT2D eigenvalue weighted by Crippen LogP contribution is -2.15. The summed E-state index contributed by atoms with van der Waals surface area (Å²) in [6.07, 6.45) is 16.5. The van der Waals surface area contributed by atoms with Crippen molar-refractivity contribution in [1.29, 1.82) is 0 Å². The molecule has 0 aromatic rings. The van der Waals surface area contributed by atoms with Gasteiger partial charge in [0, 0.05) is 12.3 Å². The lowest BCUT2D eigenvalue weighted by atomic mass is 9.87. The van der Waals surface area contributed by atoms with Crippen LogP contribution >= 0.6 is 0 Å². The Labute approximate surface area is 128 Å². The standard InChI is InChI=1S/C18H28O3/c1-2-3-7-11-16-15(13-14-17(16)19)10-8-5-4-6-9-12-18(20)21/h3,7,13-16H,2,4-6,8-12H2,1H3,(H,20,21)/t15-,16-/m0/s1. The second-order valence-electron chi connectivity index (χ2n) is 5.85. The maximum atomic E-state index is 11.8. The maximum Gasteiger partial charge on any atom is 0.303 e. The molecule has 0 saturated carbocycles. The average molecular weight is 292 g/mol. The first kappa shape index (κ1) is 17.7. The molecule has 0 aliphatic heterocycles. The van der Waals surface area contributed by atoms with Crippen molar-refractivity contribution in [1.82, 2.24) is 0 Å². The number of aliphatic carboxylic acids is 1. The van der Waals surface area contributed by atoms with Crippen LogP contribution in [0.2, 0.25) is 0 Å². The zero-order chi connectivity index (χ0) is 15.5. The van der Waals surface area contributed by atoms with E-state index in [2.05, 4.69) is 25.2 Å². The Morgan fingerprint density at radius 1 is 1.19 bits per heavy atom. The highest BCUT2D eigenvalue weighted by Gasteiger charge is 2.28. The monoisotopic (exact) mass is 292 g/mol. The maximum absolute atomic E-state index is 11.8. The molecule has 3 nitrogen and oxygen atoms in total. The highest BCUT2D eigenvalue weighted by molar-refractivity contribution is 5.94. The summed E-state index contributed by atoms with van der Waals surface area (Å²) >= 11 is 0. The summed E-state index contributed by atoms with van der Waals surface area (Å²) in [5, 5.41) is 8.56. The fourth-order valence-electron chi connectivity index (χ4n) is 2.87. The second-order valence-corrected chi connectivity index (χ2v) is 5.85. The Hall–Kier alpha value is -1.38. The number of ketones is 1. The number of carbonyl (C=O) groups excluding carboxylic acids is 1. The third kappa shape index (κ3) is 7.26. The Morgan fingerprint density at radius 3 is 2.62 bits per heavy atom. The summed E-state index contributed by atoms with van der Waals surface area (Å²) in [6, 6.07) is 0. The van der Waals surface area contributed by atoms with Crippen molar-refractivity contribution in [3.63, 3.8) is 0 Å². The third-order valence-corrected chi connectivity index (χ3v) is 4.11. The smallest absolute Gasteiger partial charge is 0.303 e. The van der Waals surface area contributed by atoms with Crippen LogP contribution in [0.3, 0.4) is 0 Å². The molecule has 1 aliphatic rings. The molecule has 1 rings (SSSR count). The van der Waals surface area contributed by atoms with E-state index in [0.29, 0.717) is 5.92 Å². The molecule has 1 N–H and O–H groups in total. The van der Waals surface area contributed by atoms with Crippen molar-refractivity contribution in [3.05, 3.63) is 24.3 Å². The van der Waals surface area contributed by atoms with Gasteiger partial charge in [0.15, 0.2) is 5.78 Å². The first-order valence-electron chi connectivity index (χ1n) is 8.24. The highest BCUT2D eigenvalue weighted by atomic mass is 16.4. The molecule has 0 fully saturated rings. The summed E-state index contributed by atoms with van der Waals surface area (Å²) in [5.74, 6) is 0.132. The van der Waals surface area contributed by atoms with Crippen LogP contribution in [0.5, 0.6) is 0 Å². The molecule has 0 amide bonds. The molecule has 0 saturated heterocycles. The van der Waals surface area contributed by atoms with Gasteiger partial charge in [0.25, 0.3) is 0 Å². The van der Waals surface area contributed by atoms with Crippen LogP contribution in [-0.4, -0.2) is 16.9 Å². The third-order valence-electron chi connectivity index (χ3n) is 4.11. The van der Waals surface area contributed by atoms with E-state index in [0.717, 1.165) is 51.4 Å². The minimum atomic E-state index is -0.701. The highest BCUT2D eigenvalue weighted by Crippen LogP contribution is 2.30. The Morgan fingerprint density at radius 2 is 1.90 bits per heavy atom. The Balaban J connectivity index is 2.15. The summed E-state index contributed by atoms with van der Waals surface area (Å²) in [4.78, 5) is 22.2. The summed E-state index contributed by atoms with van der Waals surface area (Å²) in [5.41, 5.74) is 0. The lowest BCUT2D eigenvalue weighted by Gasteiger charge is -2.16. The average Bonchev–Trinajstić information content (AvgIpc) is 2.79. The van der Waals surface area contributed by atoms with E-state index in [1.165, 1.54) is 0 Å². The molecule has 0 aromatic heterocycles. The van der Waals surface area contributed by atoms with Crippen LogP contribution < -0.4 is 0 Å². The van der Waals surface area contributed by atoms with E-state index < -0.39 is 5.97 Å². The zero-order valence-corrected chi connectivity index (χ0v) is 13.1. The lowest BCUT2D eigenvalue weighted by molar-refractivity contribution is -0.137. The van der Waals surface area contributed by atoms with Crippen LogP contribution in [0, 0.1) is 11.8 Å². The van der Waals surface area contributed by atoms with Crippen molar-refractivity contribution in [2.45, 2.75) is 64.7 Å². The van der Waals surface area contributed by atoms with Gasteiger partial charge in [-0.3, -0.25) is 9.59 Å². The number of rotatable bonds is 11. The molecule has 2 atom stereocenters. The normalized spacial score (nSPS) is 21.5. The molecule has 1 aliphatic carbocycles. The van der Waals surface area contributed by atoms with Crippen molar-refractivity contribution >= 4 is 11.8 Å². The fraction of sp³-hybridized carbons (Fsp3) is 0.667. The number of hydrogen-bond donors (Lipinski definition) is 1. The summed E-state index contributed by atoms with van der Waals surface area (Å²) < 4.78 is 0. The van der Waals surface area contributed by atoms with Gasteiger partial charge < -0.3 is 5.11 Å². The van der Waals surface area contributed by atoms with Crippen molar-refractivity contribution in [2.24, 2.45) is 11.8 Å². The van der Waals surface area contributed by atoms with Gasteiger partial charge in [0.05, 0.1) is 0 Å². The topological polar surface area (TPSA) is 54.4 Å². The molecular formula is C18H28O3. The molecule has 118 valence electrons. The van der Waals surface area contributed by atoms with Crippen LogP contribution in [0.4, 0.5) is 0 Å². The number of carbonyl (C=O) groups is 2. The van der Waals surface area contributed by atoms with Gasteiger partial charge >= 0.3 is 5.97 Å². The van der Waals surface area contributed by atoms with E-state index in [-0.39, 0.29) is 18.1 Å². The number of allylic oxidation sites excluding steroid dienone is 4. The molecule has 0 bridgehead atoms. The van der Waals surface area contributed by atoms with Gasteiger partial charge in [0.1, 0.15) is 0 Å². The summed E-state index contributed by atoms with van der Waals surface area (Å²) in [6.45, 7) is 2.10. The fourth-order valence-corrected chi connectivity index (χ4v) is 2.87. The largest absolute Gasteiger partial charge is 0.481 e. The molecule has 3 heteroatoms. The van der Waals surface area contributed by atoms with E-state index in [1.807, 2.05) is 0 Å². The minimum absolute atomic E-state index is 0.153. The zero-order valence-electron chi connectivity index (χ0n) is 13.1. The van der Waals surface area contributed by atoms with Crippen molar-refractivity contribution < 1.29 is 14.7 Å². The summed E-state index contributed by atoms with van der Waals surface area (Å²) in [7, 11) is 0. The van der Waals surface area contributed by atoms with Crippen LogP contribution in [0.1, 0.15) is 64.7 Å². The van der Waals surface area contributed by atoms with Gasteiger partial charge in [-0.15, -0.1) is 0 Å². The van der Waals surface area contributed by atoms with Gasteiger partial charge in [-0.1, -0.05) is 50.8 Å². The number of carboxylic acid groups (broad SMARTS) is 1. The number of hydrogen-bond acceptors (Lipinski definition) is 2. The van der Waals surface area contributed by atoms with Gasteiger partial charge in [-0.25, -0.2) is 0 Å². The van der Waals surface area contributed by atoms with Gasteiger partial charge in [0.2, 0.25) is 0 Å². The van der Waals surface area contributed by atoms with Crippen molar-refractivity contribution in [2.75, 3.05) is 0 Å². The van der Waals surface area contributed by atoms with Gasteiger partial charge in [-0.2, -0.15) is 0 Å². The van der Waals surface area contributed by atoms with E-state index in [4.69, 9.17) is 5.11 Å². The quantitative estimate of drug-likeness (QED) is 0.449. The molecule has 0 spiro atoms. The van der Waals surface area contributed by atoms with Crippen molar-refractivity contribution in [3.8, 4) is 0 Å². The first-order chi connectivity index (χ1) is 10.1. The molecule has 21 heavy (non-hydrogen) atoms. The molecule has 0 radical (unpaired) electrons. The molecular weight excluding hydrogens is 264 g/mol. The molecule has 0 aromatic carbocycles. The van der Waals surface area contributed by atoms with E-state index in [1.54, 1.807) is 6.08 Å². The van der Waals surface area contributed by atoms with Crippen LogP contribution in [0.25, 0.3) is 0 Å². The van der Waals surface area contributed by atoms with Crippen LogP contribution in [0.15, 0.2) is 24.3 Å². The predicted molar refractivity (Wildman–Crippen MR) is 85.1 cm³/mol. The number of unbranched alkanes of at least 4 members (excludes halogenated alkanes) is 4. The van der Waals surface area contributed by atoms with E-state index >= 15 is 0 Å². The second kappa shape index (κ2) is 10.4. The van der Waals surface area contributed by atoms with Gasteiger partial charge in [-0.05, 0) is 37.7 Å². The molecule has 0 unspecified atom stereocenters. The minimum Gasteiger partial charge on any atom is -0.481 e.